The van der Waals surface area contributed by atoms with Crippen molar-refractivity contribution in [2.24, 2.45) is 4.99 Å². The van der Waals surface area contributed by atoms with Gasteiger partial charge in [0, 0.05) is 19.8 Å². The molecule has 1 aromatic rings. The van der Waals surface area contributed by atoms with Gasteiger partial charge in [0.05, 0.1) is 12.2 Å². The second-order valence-corrected chi connectivity index (χ2v) is 2.71. The second kappa shape index (κ2) is 2.42. The second-order valence-electron chi connectivity index (χ2n) is 2.71. The number of likely N-dealkylation sites (N-methyl/N-ethyl adjacent to an activating group) is 1. The lowest BCUT2D eigenvalue weighted by atomic mass is 10.4. The number of hydrogen-bond donors (Lipinski definition) is 1. The third-order valence-corrected chi connectivity index (χ3v) is 1.90. The number of nitrogens with one attached hydrogen (secondary N) is 1. The molecule has 11 heavy (non-hydrogen) atoms. The van der Waals surface area contributed by atoms with Gasteiger partial charge in [0.2, 0.25) is 0 Å². The number of hydrogen-bond acceptors (Lipinski definition) is 2. The van der Waals surface area contributed by atoms with Crippen molar-refractivity contribution in [3.05, 3.63) is 24.0 Å². The van der Waals surface area contributed by atoms with E-state index in [1.807, 2.05) is 18.3 Å². The fourth-order valence-corrected chi connectivity index (χ4v) is 1.29. The molecule has 58 valence electrons. The van der Waals surface area contributed by atoms with Crippen molar-refractivity contribution in [1.29, 1.82) is 0 Å². The first-order chi connectivity index (χ1) is 5.38. The number of rotatable bonds is 1. The Kier molecular flexibility index (Phi) is 1.42. The van der Waals surface area contributed by atoms with Gasteiger partial charge in [-0.25, -0.2) is 0 Å². The monoisotopic (exact) mass is 149 g/mol. The molecule has 0 aromatic carbocycles. The van der Waals surface area contributed by atoms with E-state index in [0.717, 1.165) is 24.6 Å². The Labute approximate surface area is 65.7 Å². The molecule has 1 aliphatic rings. The predicted molar refractivity (Wildman–Crippen MR) is 44.8 cm³/mol. The fourth-order valence-electron chi connectivity index (χ4n) is 1.29. The van der Waals surface area contributed by atoms with Gasteiger partial charge < -0.3 is 9.88 Å². The zero-order chi connectivity index (χ0) is 7.68. The van der Waals surface area contributed by atoms with Gasteiger partial charge >= 0.3 is 0 Å². The van der Waals surface area contributed by atoms with E-state index in [9.17, 15) is 0 Å². The van der Waals surface area contributed by atoms with Gasteiger partial charge in [0.15, 0.2) is 0 Å². The van der Waals surface area contributed by atoms with Crippen LogP contribution in [0.4, 0.5) is 0 Å². The summed E-state index contributed by atoms with van der Waals surface area (Å²) >= 11 is 0. The number of aliphatic imine (C=N–C) groups is 1. The molecule has 0 radical (unpaired) electrons. The van der Waals surface area contributed by atoms with E-state index < -0.39 is 0 Å². The number of aromatic amines is 1. The van der Waals surface area contributed by atoms with Crippen molar-refractivity contribution in [2.45, 2.75) is 0 Å². The number of H-pyrrole nitrogens is 1. The number of amidine groups is 1. The first kappa shape index (κ1) is 6.46. The first-order valence-electron chi connectivity index (χ1n) is 3.77. The van der Waals surface area contributed by atoms with E-state index in [4.69, 9.17) is 0 Å². The summed E-state index contributed by atoms with van der Waals surface area (Å²) in [6.45, 7) is 1.96. The number of nitrogens with zero attached hydrogens (tertiary/aromatic N) is 2. The van der Waals surface area contributed by atoms with Gasteiger partial charge in [-0.15, -0.1) is 0 Å². The Morgan fingerprint density at radius 1 is 1.64 bits per heavy atom. The molecule has 3 nitrogen and oxygen atoms in total. The quantitative estimate of drug-likeness (QED) is 0.626. The molecule has 0 amide bonds. The lowest BCUT2D eigenvalue weighted by molar-refractivity contribution is 0.555. The maximum atomic E-state index is 4.37. The third-order valence-electron chi connectivity index (χ3n) is 1.90. The lowest BCUT2D eigenvalue weighted by Gasteiger charge is -2.11. The normalized spacial score (nSPS) is 17.2. The molecule has 0 bridgehead atoms. The van der Waals surface area contributed by atoms with E-state index in [1.165, 1.54) is 0 Å². The maximum absolute atomic E-state index is 4.37. The minimum atomic E-state index is 0.921. The first-order valence-corrected chi connectivity index (χ1v) is 3.77. The highest BCUT2D eigenvalue weighted by atomic mass is 15.2. The van der Waals surface area contributed by atoms with Crippen LogP contribution in [0.1, 0.15) is 5.69 Å². The minimum absolute atomic E-state index is 0.921. The van der Waals surface area contributed by atoms with Crippen LogP contribution in [-0.4, -0.2) is 35.9 Å². The minimum Gasteiger partial charge on any atom is -0.359 e. The van der Waals surface area contributed by atoms with Crippen LogP contribution >= 0.6 is 0 Å². The molecule has 0 unspecified atom stereocenters. The highest BCUT2D eigenvalue weighted by Crippen LogP contribution is 2.06. The lowest BCUT2D eigenvalue weighted by Crippen LogP contribution is -2.23. The largest absolute Gasteiger partial charge is 0.359 e. The summed E-state index contributed by atoms with van der Waals surface area (Å²) < 4.78 is 0. The molecule has 0 atom stereocenters. The summed E-state index contributed by atoms with van der Waals surface area (Å²) in [5.41, 5.74) is 1.12. The average Bonchev–Trinajstić information content (AvgIpc) is 2.55. The summed E-state index contributed by atoms with van der Waals surface area (Å²) in [5, 5.41) is 0. The Balaban J connectivity index is 2.30. The Morgan fingerprint density at radius 2 is 2.55 bits per heavy atom. The summed E-state index contributed by atoms with van der Waals surface area (Å²) in [6, 6.07) is 4.03. The van der Waals surface area contributed by atoms with Crippen LogP contribution in [-0.2, 0) is 0 Å². The molecule has 1 N–H and O–H groups in total. The molecule has 1 aliphatic heterocycles. The van der Waals surface area contributed by atoms with Crippen molar-refractivity contribution < 1.29 is 0 Å². The Bertz CT molecular complexity index is 261. The molecule has 1 aromatic heterocycles. The third kappa shape index (κ3) is 1.02. The number of aromatic nitrogens is 1. The fraction of sp³-hybridized carbons (Fsp3) is 0.375. The van der Waals surface area contributed by atoms with E-state index in [2.05, 4.69) is 21.9 Å². The summed E-state index contributed by atoms with van der Waals surface area (Å²) in [4.78, 5) is 9.67. The van der Waals surface area contributed by atoms with Crippen molar-refractivity contribution in [2.75, 3.05) is 20.1 Å². The Hall–Kier alpha value is -1.25. The van der Waals surface area contributed by atoms with E-state index in [-0.39, 0.29) is 0 Å². The molecular weight excluding hydrogens is 138 g/mol. The van der Waals surface area contributed by atoms with Crippen LogP contribution in [0, 0.1) is 0 Å². The molecule has 0 aliphatic carbocycles. The zero-order valence-electron chi connectivity index (χ0n) is 6.54. The topological polar surface area (TPSA) is 31.4 Å². The summed E-state index contributed by atoms with van der Waals surface area (Å²) in [5.74, 6) is 1.08. The zero-order valence-corrected chi connectivity index (χ0v) is 6.54. The smallest absolute Gasteiger partial charge is 0.147 e. The highest BCUT2D eigenvalue weighted by molar-refractivity contribution is 5.97. The van der Waals surface area contributed by atoms with E-state index in [0.29, 0.717) is 0 Å². The SMILES string of the molecule is CN1CCN=C1c1ccc[nH]1. The van der Waals surface area contributed by atoms with Crippen molar-refractivity contribution in [3.8, 4) is 0 Å². The van der Waals surface area contributed by atoms with Crippen LogP contribution in [0.2, 0.25) is 0 Å². The van der Waals surface area contributed by atoms with Gasteiger partial charge in [0.25, 0.3) is 0 Å². The van der Waals surface area contributed by atoms with Crippen LogP contribution in [0.5, 0.6) is 0 Å². The predicted octanol–water partition coefficient (Wildman–Crippen LogP) is 0.707. The van der Waals surface area contributed by atoms with Crippen molar-refractivity contribution in [3.63, 3.8) is 0 Å². The molecular formula is C8H11N3. The van der Waals surface area contributed by atoms with Gasteiger partial charge in [-0.1, -0.05) is 0 Å². The van der Waals surface area contributed by atoms with E-state index >= 15 is 0 Å². The van der Waals surface area contributed by atoms with Crippen molar-refractivity contribution in [1.82, 2.24) is 9.88 Å². The van der Waals surface area contributed by atoms with E-state index in [1.54, 1.807) is 0 Å². The molecule has 3 heteroatoms. The van der Waals surface area contributed by atoms with Crippen LogP contribution in [0.15, 0.2) is 23.3 Å². The summed E-state index contributed by atoms with van der Waals surface area (Å²) in [6.07, 6.45) is 1.92. The van der Waals surface area contributed by atoms with Gasteiger partial charge in [-0.3, -0.25) is 4.99 Å². The van der Waals surface area contributed by atoms with Gasteiger partial charge in [-0.2, -0.15) is 0 Å². The molecule has 2 rings (SSSR count). The Morgan fingerprint density at radius 3 is 3.09 bits per heavy atom. The average molecular weight is 149 g/mol. The molecule has 0 spiro atoms. The molecule has 0 saturated carbocycles. The van der Waals surface area contributed by atoms with Crippen LogP contribution in [0.25, 0.3) is 0 Å². The van der Waals surface area contributed by atoms with Gasteiger partial charge in [0.1, 0.15) is 5.84 Å². The molecule has 2 heterocycles. The van der Waals surface area contributed by atoms with Crippen LogP contribution < -0.4 is 0 Å². The summed E-state index contributed by atoms with van der Waals surface area (Å²) in [7, 11) is 2.06. The molecule has 0 fully saturated rings. The van der Waals surface area contributed by atoms with Gasteiger partial charge in [-0.05, 0) is 12.1 Å². The standard InChI is InChI=1S/C8H11N3/c1-11-6-5-10-8(11)7-3-2-4-9-7/h2-4,9H,5-6H2,1H3. The maximum Gasteiger partial charge on any atom is 0.147 e. The van der Waals surface area contributed by atoms with Crippen molar-refractivity contribution >= 4 is 5.84 Å². The van der Waals surface area contributed by atoms with Crippen LogP contribution in [0.3, 0.4) is 0 Å². The molecule has 0 saturated heterocycles. The highest BCUT2D eigenvalue weighted by Gasteiger charge is 2.13.